The van der Waals surface area contributed by atoms with Crippen LogP contribution in [-0.4, -0.2) is 19.6 Å². The monoisotopic (exact) mass is 453 g/mol. The van der Waals surface area contributed by atoms with Crippen molar-refractivity contribution in [2.75, 3.05) is 7.05 Å². The zero-order chi connectivity index (χ0) is 15.8. The number of para-hydroxylation sites is 1. The molecule has 1 heterocycles. The van der Waals surface area contributed by atoms with Gasteiger partial charge in [-0.1, -0.05) is 24.3 Å². The highest BCUT2D eigenvalue weighted by Gasteiger charge is 2.09. The van der Waals surface area contributed by atoms with Crippen LogP contribution in [0.1, 0.15) is 10.4 Å². The Morgan fingerprint density at radius 1 is 1.17 bits per heavy atom. The first kappa shape index (κ1) is 19.6. The lowest BCUT2D eigenvalue weighted by Crippen LogP contribution is -2.36. The highest BCUT2D eigenvalue weighted by atomic mass is 127. The first-order valence-corrected chi connectivity index (χ1v) is 7.56. The molecule has 0 saturated heterocycles. The Labute approximate surface area is 155 Å². The van der Waals surface area contributed by atoms with Gasteiger partial charge in [0.1, 0.15) is 5.75 Å². The van der Waals surface area contributed by atoms with Crippen molar-refractivity contribution < 1.29 is 13.5 Å². The van der Waals surface area contributed by atoms with Gasteiger partial charge in [-0.3, -0.25) is 4.99 Å². The van der Waals surface area contributed by atoms with Crippen LogP contribution in [0.25, 0.3) is 0 Å². The van der Waals surface area contributed by atoms with Crippen molar-refractivity contribution in [3.05, 3.63) is 52.2 Å². The van der Waals surface area contributed by atoms with E-state index < -0.39 is 6.61 Å². The molecule has 23 heavy (non-hydrogen) atoms. The SMILES string of the molecule is CN=C(NCc1cccs1)NCc1ccccc1OC(F)F.I. The summed E-state index contributed by atoms with van der Waals surface area (Å²) >= 11 is 1.65. The zero-order valence-corrected chi connectivity index (χ0v) is 15.6. The molecular formula is C15H18F2IN3OS. The third-order valence-electron chi connectivity index (χ3n) is 2.87. The predicted molar refractivity (Wildman–Crippen MR) is 99.8 cm³/mol. The molecule has 0 amide bonds. The fourth-order valence-electron chi connectivity index (χ4n) is 1.84. The van der Waals surface area contributed by atoms with Gasteiger partial charge in [-0.25, -0.2) is 0 Å². The van der Waals surface area contributed by atoms with Crippen LogP contribution >= 0.6 is 35.3 Å². The van der Waals surface area contributed by atoms with Gasteiger partial charge in [-0.2, -0.15) is 8.78 Å². The molecule has 0 radical (unpaired) electrons. The van der Waals surface area contributed by atoms with Crippen LogP contribution in [0, 0.1) is 0 Å². The Bertz CT molecular complexity index is 609. The Morgan fingerprint density at radius 3 is 2.57 bits per heavy atom. The molecule has 4 nitrogen and oxygen atoms in total. The first-order valence-electron chi connectivity index (χ1n) is 6.68. The van der Waals surface area contributed by atoms with Crippen LogP contribution in [0.5, 0.6) is 5.75 Å². The third kappa shape index (κ3) is 6.69. The summed E-state index contributed by atoms with van der Waals surface area (Å²) < 4.78 is 29.2. The highest BCUT2D eigenvalue weighted by molar-refractivity contribution is 14.0. The lowest BCUT2D eigenvalue weighted by molar-refractivity contribution is -0.0504. The van der Waals surface area contributed by atoms with Gasteiger partial charge in [0.15, 0.2) is 5.96 Å². The van der Waals surface area contributed by atoms with Crippen LogP contribution in [0.3, 0.4) is 0 Å². The third-order valence-corrected chi connectivity index (χ3v) is 3.75. The Kier molecular flexibility index (Phi) is 8.85. The molecule has 0 aliphatic carbocycles. The molecule has 1 aromatic carbocycles. The number of thiophene rings is 1. The Balaban J connectivity index is 0.00000264. The topological polar surface area (TPSA) is 45.7 Å². The lowest BCUT2D eigenvalue weighted by Gasteiger charge is -2.14. The van der Waals surface area contributed by atoms with Crippen molar-refractivity contribution in [1.29, 1.82) is 0 Å². The van der Waals surface area contributed by atoms with Crippen molar-refractivity contribution in [2.24, 2.45) is 4.99 Å². The molecule has 126 valence electrons. The van der Waals surface area contributed by atoms with Gasteiger partial charge in [0.05, 0.1) is 6.54 Å². The molecular weight excluding hydrogens is 435 g/mol. The summed E-state index contributed by atoms with van der Waals surface area (Å²) in [6.45, 7) is -1.84. The molecule has 0 spiro atoms. The molecule has 0 bridgehead atoms. The molecule has 2 N–H and O–H groups in total. The fraction of sp³-hybridized carbons (Fsp3) is 0.267. The number of aliphatic imine (C=N–C) groups is 1. The predicted octanol–water partition coefficient (Wildman–Crippen LogP) is 3.83. The maximum atomic E-state index is 12.4. The molecule has 2 rings (SSSR count). The number of alkyl halides is 2. The Morgan fingerprint density at radius 2 is 1.91 bits per heavy atom. The largest absolute Gasteiger partial charge is 0.434 e. The van der Waals surface area contributed by atoms with E-state index in [4.69, 9.17) is 0 Å². The molecule has 1 aromatic heterocycles. The summed E-state index contributed by atoms with van der Waals surface area (Å²) in [6, 6.07) is 10.7. The minimum Gasteiger partial charge on any atom is -0.434 e. The first-order chi connectivity index (χ1) is 10.7. The number of guanidine groups is 1. The number of hydrogen-bond donors (Lipinski definition) is 2. The lowest BCUT2D eigenvalue weighted by atomic mass is 10.2. The van der Waals surface area contributed by atoms with Gasteiger partial charge in [0.2, 0.25) is 0 Å². The summed E-state index contributed by atoms with van der Waals surface area (Å²) in [4.78, 5) is 5.29. The number of hydrogen-bond acceptors (Lipinski definition) is 3. The minimum absolute atomic E-state index is 0. The summed E-state index contributed by atoms with van der Waals surface area (Å²) in [5.41, 5.74) is 0.641. The molecule has 0 saturated carbocycles. The van der Waals surface area contributed by atoms with E-state index in [9.17, 15) is 8.78 Å². The second-order valence-electron chi connectivity index (χ2n) is 4.34. The van der Waals surface area contributed by atoms with Gasteiger partial charge in [-0.05, 0) is 17.5 Å². The van der Waals surface area contributed by atoms with E-state index in [1.165, 1.54) is 10.9 Å². The highest BCUT2D eigenvalue weighted by Crippen LogP contribution is 2.19. The molecule has 8 heteroatoms. The number of nitrogens with one attached hydrogen (secondary N) is 2. The maximum absolute atomic E-state index is 12.4. The van der Waals surface area contributed by atoms with Crippen molar-refractivity contribution >= 4 is 41.3 Å². The standard InChI is InChI=1S/C15H17F2N3OS.HI/c1-18-15(20-10-12-6-4-8-22-12)19-9-11-5-2-3-7-13(11)21-14(16)17;/h2-8,14H,9-10H2,1H3,(H2,18,19,20);1H. The number of nitrogens with zero attached hydrogens (tertiary/aromatic N) is 1. The maximum Gasteiger partial charge on any atom is 0.387 e. The smallest absolute Gasteiger partial charge is 0.387 e. The summed E-state index contributed by atoms with van der Waals surface area (Å²) in [5, 5.41) is 8.25. The average Bonchev–Trinajstić information content (AvgIpc) is 3.01. The van der Waals surface area contributed by atoms with Crippen LogP contribution in [0.4, 0.5) is 8.78 Å². The molecule has 0 fully saturated rings. The van der Waals surface area contributed by atoms with Gasteiger partial charge < -0.3 is 15.4 Å². The molecule has 0 atom stereocenters. The van der Waals surface area contributed by atoms with Gasteiger partial charge in [-0.15, -0.1) is 35.3 Å². The number of benzene rings is 1. The van der Waals surface area contributed by atoms with E-state index in [0.29, 0.717) is 24.6 Å². The molecule has 2 aromatic rings. The average molecular weight is 453 g/mol. The van der Waals surface area contributed by atoms with Crippen molar-refractivity contribution in [3.8, 4) is 5.75 Å². The van der Waals surface area contributed by atoms with Crippen LogP contribution in [0.2, 0.25) is 0 Å². The van der Waals surface area contributed by atoms with Crippen molar-refractivity contribution in [3.63, 3.8) is 0 Å². The zero-order valence-electron chi connectivity index (χ0n) is 12.5. The number of ether oxygens (including phenoxy) is 1. The Hall–Kier alpha value is -1.42. The van der Waals surface area contributed by atoms with Gasteiger partial charge in [0, 0.05) is 24.0 Å². The number of halogens is 3. The van der Waals surface area contributed by atoms with Crippen LogP contribution in [0.15, 0.2) is 46.8 Å². The van der Waals surface area contributed by atoms with E-state index >= 15 is 0 Å². The van der Waals surface area contributed by atoms with Crippen LogP contribution < -0.4 is 15.4 Å². The normalized spacial score (nSPS) is 11.0. The second kappa shape index (κ2) is 10.4. The van der Waals surface area contributed by atoms with E-state index in [2.05, 4.69) is 20.4 Å². The van der Waals surface area contributed by atoms with E-state index in [1.54, 1.807) is 36.6 Å². The second-order valence-corrected chi connectivity index (χ2v) is 5.38. The van der Waals surface area contributed by atoms with E-state index in [0.717, 1.165) is 0 Å². The molecule has 0 aliphatic heterocycles. The van der Waals surface area contributed by atoms with Crippen molar-refractivity contribution in [1.82, 2.24) is 10.6 Å². The van der Waals surface area contributed by atoms with Gasteiger partial charge in [0.25, 0.3) is 0 Å². The summed E-state index contributed by atoms with van der Waals surface area (Å²) in [5.74, 6) is 0.763. The fourth-order valence-corrected chi connectivity index (χ4v) is 2.49. The van der Waals surface area contributed by atoms with Crippen LogP contribution in [-0.2, 0) is 13.1 Å². The molecule has 0 unspecified atom stereocenters. The molecule has 0 aliphatic rings. The van der Waals surface area contributed by atoms with E-state index in [1.807, 2.05) is 17.5 Å². The minimum atomic E-state index is -2.84. The van der Waals surface area contributed by atoms with Crippen molar-refractivity contribution in [2.45, 2.75) is 19.7 Å². The quantitative estimate of drug-likeness (QED) is 0.397. The summed E-state index contributed by atoms with van der Waals surface area (Å²) in [7, 11) is 1.66. The van der Waals surface area contributed by atoms with E-state index in [-0.39, 0.29) is 29.7 Å². The van der Waals surface area contributed by atoms with Gasteiger partial charge >= 0.3 is 6.61 Å². The number of rotatable bonds is 6. The summed E-state index contributed by atoms with van der Waals surface area (Å²) in [6.07, 6.45) is 0.